The largest absolute Gasteiger partial charge is 0.388 e. The molecule has 0 aliphatic carbocycles. The van der Waals surface area contributed by atoms with Crippen LogP contribution in [-0.2, 0) is 9.47 Å². The Hall–Kier alpha value is 0.150. The zero-order chi connectivity index (χ0) is 10.0. The summed E-state index contributed by atoms with van der Waals surface area (Å²) >= 11 is 3.94. The Labute approximate surface area is 81.7 Å². The molecular weight excluding hydrogens is 196 g/mol. The van der Waals surface area contributed by atoms with E-state index in [1.54, 1.807) is 0 Å². The summed E-state index contributed by atoms with van der Waals surface area (Å²) in [4.78, 5) is 0. The van der Waals surface area contributed by atoms with Crippen LogP contribution in [0, 0.1) is 0 Å². The highest BCUT2D eigenvalue weighted by molar-refractivity contribution is 7.80. The molecule has 1 aliphatic heterocycles. The van der Waals surface area contributed by atoms with Gasteiger partial charge < -0.3 is 24.8 Å². The SMILES string of the molecule is CO[C@H]1O[C@H](CS)[C@@H](O)[C@H](O)[C@@H]1O. The number of thiol groups is 1. The van der Waals surface area contributed by atoms with Crippen LogP contribution < -0.4 is 0 Å². The molecule has 1 heterocycles. The van der Waals surface area contributed by atoms with Gasteiger partial charge in [-0.1, -0.05) is 0 Å². The number of hydrogen-bond acceptors (Lipinski definition) is 6. The lowest BCUT2D eigenvalue weighted by Crippen LogP contribution is -2.58. The molecule has 13 heavy (non-hydrogen) atoms. The predicted octanol–water partition coefficient (Wildman–Crippen LogP) is -1.63. The molecule has 6 heteroatoms. The molecule has 0 amide bonds. The standard InChI is InChI=1S/C7H14O5S/c1-11-7-6(10)5(9)4(8)3(2-13)12-7/h3-10,13H,2H2,1H3/t3-,4-,5+,6+,7+/m1/s1. The van der Waals surface area contributed by atoms with Gasteiger partial charge in [-0.05, 0) is 0 Å². The summed E-state index contributed by atoms with van der Waals surface area (Å²) in [7, 11) is 1.36. The van der Waals surface area contributed by atoms with Crippen LogP contribution in [0.25, 0.3) is 0 Å². The van der Waals surface area contributed by atoms with E-state index in [1.807, 2.05) is 0 Å². The van der Waals surface area contributed by atoms with E-state index in [0.29, 0.717) is 0 Å². The monoisotopic (exact) mass is 210 g/mol. The number of ether oxygens (including phenoxy) is 2. The number of aliphatic hydroxyl groups excluding tert-OH is 3. The van der Waals surface area contributed by atoms with Gasteiger partial charge in [-0.15, -0.1) is 0 Å². The average molecular weight is 210 g/mol. The molecule has 3 N–H and O–H groups in total. The second-order valence-electron chi connectivity index (χ2n) is 2.93. The van der Waals surface area contributed by atoms with Crippen molar-refractivity contribution in [2.24, 2.45) is 0 Å². The summed E-state index contributed by atoms with van der Waals surface area (Å²) in [5.41, 5.74) is 0. The molecule has 0 aromatic rings. The average Bonchev–Trinajstić information content (AvgIpc) is 2.15. The molecule has 1 saturated heterocycles. The van der Waals surface area contributed by atoms with Crippen LogP contribution >= 0.6 is 12.6 Å². The predicted molar refractivity (Wildman–Crippen MR) is 47.5 cm³/mol. The Kier molecular flexibility index (Phi) is 3.96. The minimum atomic E-state index is -1.25. The number of hydrogen-bond donors (Lipinski definition) is 4. The van der Waals surface area contributed by atoms with Crippen molar-refractivity contribution in [3.8, 4) is 0 Å². The van der Waals surface area contributed by atoms with Crippen LogP contribution in [0.3, 0.4) is 0 Å². The first-order valence-corrected chi connectivity index (χ1v) is 4.58. The van der Waals surface area contributed by atoms with Gasteiger partial charge in [-0.3, -0.25) is 0 Å². The zero-order valence-corrected chi connectivity index (χ0v) is 8.09. The van der Waals surface area contributed by atoms with Crippen LogP contribution in [0.4, 0.5) is 0 Å². The van der Waals surface area contributed by atoms with Gasteiger partial charge in [-0.2, -0.15) is 12.6 Å². The highest BCUT2D eigenvalue weighted by Gasteiger charge is 2.43. The zero-order valence-electron chi connectivity index (χ0n) is 7.20. The van der Waals surface area contributed by atoms with Gasteiger partial charge in [-0.25, -0.2) is 0 Å². The topological polar surface area (TPSA) is 79.2 Å². The Morgan fingerprint density at radius 3 is 2.31 bits per heavy atom. The van der Waals surface area contributed by atoms with Gasteiger partial charge in [0.25, 0.3) is 0 Å². The molecule has 0 spiro atoms. The third-order valence-corrected chi connectivity index (χ3v) is 2.44. The van der Waals surface area contributed by atoms with E-state index in [2.05, 4.69) is 12.6 Å². The van der Waals surface area contributed by atoms with E-state index in [4.69, 9.17) is 9.47 Å². The minimum Gasteiger partial charge on any atom is -0.388 e. The molecule has 0 bridgehead atoms. The van der Waals surface area contributed by atoms with Gasteiger partial charge in [0.15, 0.2) is 6.29 Å². The summed E-state index contributed by atoms with van der Waals surface area (Å²) in [5.74, 6) is 0.255. The molecule has 78 valence electrons. The van der Waals surface area contributed by atoms with E-state index in [9.17, 15) is 15.3 Å². The van der Waals surface area contributed by atoms with Crippen LogP contribution in [0.2, 0.25) is 0 Å². The summed E-state index contributed by atoms with van der Waals surface area (Å²) in [5, 5.41) is 28.1. The molecular formula is C7H14O5S. The third kappa shape index (κ3) is 2.15. The molecule has 1 fully saturated rings. The van der Waals surface area contributed by atoms with E-state index in [1.165, 1.54) is 7.11 Å². The second kappa shape index (κ2) is 4.59. The maximum absolute atomic E-state index is 9.38. The smallest absolute Gasteiger partial charge is 0.186 e. The molecule has 0 aromatic heterocycles. The lowest BCUT2D eigenvalue weighted by molar-refractivity contribution is -0.284. The normalized spacial score (nSPS) is 46.4. The Bertz CT molecular complexity index is 147. The van der Waals surface area contributed by atoms with Crippen molar-refractivity contribution in [2.75, 3.05) is 12.9 Å². The summed E-state index contributed by atoms with van der Waals surface area (Å²) < 4.78 is 9.90. The molecule has 5 atom stereocenters. The first kappa shape index (κ1) is 11.2. The van der Waals surface area contributed by atoms with Gasteiger partial charge in [0, 0.05) is 12.9 Å². The fourth-order valence-corrected chi connectivity index (χ4v) is 1.56. The third-order valence-electron chi connectivity index (χ3n) is 2.08. The van der Waals surface area contributed by atoms with E-state index in [-0.39, 0.29) is 5.75 Å². The van der Waals surface area contributed by atoms with Crippen LogP contribution in [0.1, 0.15) is 0 Å². The van der Waals surface area contributed by atoms with E-state index >= 15 is 0 Å². The molecule has 0 saturated carbocycles. The maximum atomic E-state index is 9.38. The Morgan fingerprint density at radius 2 is 1.85 bits per heavy atom. The van der Waals surface area contributed by atoms with Gasteiger partial charge in [0.05, 0.1) is 6.10 Å². The van der Waals surface area contributed by atoms with E-state index in [0.717, 1.165) is 0 Å². The molecule has 5 nitrogen and oxygen atoms in total. The van der Waals surface area contributed by atoms with Crippen molar-refractivity contribution in [1.82, 2.24) is 0 Å². The van der Waals surface area contributed by atoms with Crippen molar-refractivity contribution in [2.45, 2.75) is 30.7 Å². The summed E-state index contributed by atoms with van der Waals surface area (Å²) in [6, 6.07) is 0. The van der Waals surface area contributed by atoms with Crippen LogP contribution in [-0.4, -0.2) is 58.9 Å². The number of aliphatic hydroxyl groups is 3. The quantitative estimate of drug-likeness (QED) is 0.412. The molecule has 0 unspecified atom stereocenters. The maximum Gasteiger partial charge on any atom is 0.186 e. The molecule has 1 rings (SSSR count). The van der Waals surface area contributed by atoms with Crippen LogP contribution in [0.15, 0.2) is 0 Å². The van der Waals surface area contributed by atoms with Gasteiger partial charge >= 0.3 is 0 Å². The second-order valence-corrected chi connectivity index (χ2v) is 3.30. The first-order valence-electron chi connectivity index (χ1n) is 3.95. The lowest BCUT2D eigenvalue weighted by atomic mass is 10.00. The van der Waals surface area contributed by atoms with Gasteiger partial charge in [0.1, 0.15) is 18.3 Å². The van der Waals surface area contributed by atoms with Crippen molar-refractivity contribution in [1.29, 1.82) is 0 Å². The molecule has 0 aromatic carbocycles. The van der Waals surface area contributed by atoms with Crippen molar-refractivity contribution < 1.29 is 24.8 Å². The van der Waals surface area contributed by atoms with Crippen molar-refractivity contribution in [3.63, 3.8) is 0 Å². The molecule has 1 aliphatic rings. The fourth-order valence-electron chi connectivity index (χ4n) is 1.26. The van der Waals surface area contributed by atoms with Crippen molar-refractivity contribution >= 4 is 12.6 Å². The number of methoxy groups -OCH3 is 1. The van der Waals surface area contributed by atoms with E-state index < -0.39 is 30.7 Å². The van der Waals surface area contributed by atoms with Crippen molar-refractivity contribution in [3.05, 3.63) is 0 Å². The number of rotatable bonds is 2. The first-order chi connectivity index (χ1) is 6.11. The highest BCUT2D eigenvalue weighted by atomic mass is 32.1. The summed E-state index contributed by atoms with van der Waals surface area (Å²) in [6.07, 6.45) is -5.13. The fraction of sp³-hybridized carbons (Fsp3) is 1.00. The Morgan fingerprint density at radius 1 is 1.23 bits per heavy atom. The minimum absolute atomic E-state index is 0.255. The molecule has 0 radical (unpaired) electrons. The Balaban J connectivity index is 2.66. The van der Waals surface area contributed by atoms with Crippen LogP contribution in [0.5, 0.6) is 0 Å². The lowest BCUT2D eigenvalue weighted by Gasteiger charge is -2.39. The summed E-state index contributed by atoms with van der Waals surface area (Å²) in [6.45, 7) is 0. The van der Waals surface area contributed by atoms with Gasteiger partial charge in [0.2, 0.25) is 0 Å². The highest BCUT2D eigenvalue weighted by Crippen LogP contribution is 2.21.